The van der Waals surface area contributed by atoms with Gasteiger partial charge in [0.15, 0.2) is 0 Å². The van der Waals surface area contributed by atoms with Crippen molar-refractivity contribution in [1.82, 2.24) is 10.9 Å². The molecule has 0 heterocycles. The Bertz CT molecular complexity index is 345. The summed E-state index contributed by atoms with van der Waals surface area (Å²) < 4.78 is 0. The molecule has 0 aliphatic heterocycles. The monoisotopic (exact) mass is 317 g/mol. The lowest BCUT2D eigenvalue weighted by Gasteiger charge is -2.13. The molecule has 0 aromatic heterocycles. The Kier molecular flexibility index (Phi) is 10.4. The number of rotatable bonds is 6. The third kappa shape index (κ3) is 22.5. The molecule has 1 atom stereocenters. The van der Waals surface area contributed by atoms with Crippen LogP contribution in [0.4, 0.5) is 0 Å². The third-order valence-electron chi connectivity index (χ3n) is 1.40. The summed E-state index contributed by atoms with van der Waals surface area (Å²) in [5, 5.41) is 8.63. The summed E-state index contributed by atoms with van der Waals surface area (Å²) in [6.45, 7) is -2.57. The summed E-state index contributed by atoms with van der Waals surface area (Å²) >= 11 is 3.60. The highest BCUT2D eigenvalue weighted by atomic mass is 32.5. The van der Waals surface area contributed by atoms with Gasteiger partial charge in [-0.15, -0.1) is 0 Å². The van der Waals surface area contributed by atoms with Gasteiger partial charge >= 0.3 is 12.7 Å². The number of carboxylic acid groups (broad SMARTS) is 1. The first kappa shape index (κ1) is 20.2. The Morgan fingerprint density at radius 1 is 1.32 bits per heavy atom. The van der Waals surface area contributed by atoms with Crippen molar-refractivity contribution in [2.24, 2.45) is 5.73 Å². The summed E-state index contributed by atoms with van der Waals surface area (Å²) in [4.78, 5) is 54.1. The molecule has 112 valence electrons. The summed E-state index contributed by atoms with van der Waals surface area (Å²) in [6, 6.07) is -1.01. The topological polar surface area (TPSA) is 182 Å². The number of aliphatic carboxylic acids is 1. The molecule has 0 saturated carbocycles. The van der Waals surface area contributed by atoms with Crippen molar-refractivity contribution in [3.05, 3.63) is 0 Å². The van der Waals surface area contributed by atoms with E-state index in [2.05, 4.69) is 22.7 Å². The molecule has 19 heavy (non-hydrogen) atoms. The number of hydrazine groups is 1. The molecular weight excluding hydrogens is 301 g/mol. The molecule has 0 radical (unpaired) electrons. The second-order valence-corrected chi connectivity index (χ2v) is 5.73. The van der Waals surface area contributed by atoms with E-state index in [1.165, 1.54) is 6.92 Å². The van der Waals surface area contributed by atoms with Gasteiger partial charge < -0.3 is 25.5 Å². The summed E-state index contributed by atoms with van der Waals surface area (Å²) in [5.74, 6) is -2.14. The fraction of sp³-hybridized carbons (Fsp3) is 0.571. The van der Waals surface area contributed by atoms with Gasteiger partial charge in [-0.05, 0) is 18.2 Å². The van der Waals surface area contributed by atoms with E-state index in [0.717, 1.165) is 0 Å². The van der Waals surface area contributed by atoms with Gasteiger partial charge in [0.05, 0.1) is 0 Å². The maximum atomic E-state index is 10.6. The highest BCUT2D eigenvalue weighted by Crippen LogP contribution is 2.26. The van der Waals surface area contributed by atoms with Gasteiger partial charge in [-0.3, -0.25) is 19.8 Å². The molecule has 10 nitrogen and oxygen atoms in total. The predicted octanol–water partition coefficient (Wildman–Crippen LogP) is -2.47. The number of primary amides is 1. The van der Waals surface area contributed by atoms with Crippen molar-refractivity contribution in [3.63, 3.8) is 0 Å². The second-order valence-electron chi connectivity index (χ2n) is 3.23. The van der Waals surface area contributed by atoms with Crippen LogP contribution in [0.5, 0.6) is 0 Å². The van der Waals surface area contributed by atoms with Crippen LogP contribution in [-0.4, -0.2) is 43.6 Å². The minimum absolute atomic E-state index is 0.0327. The Hall–Kier alpha value is -1.10. The maximum absolute atomic E-state index is 10.6. The molecule has 0 rings (SSSR count). The van der Waals surface area contributed by atoms with Crippen molar-refractivity contribution >= 4 is 36.3 Å². The number of hydrogen-bond acceptors (Lipinski definition) is 5. The van der Waals surface area contributed by atoms with Gasteiger partial charge in [-0.2, -0.15) is 0 Å². The van der Waals surface area contributed by atoms with E-state index >= 15 is 0 Å². The molecule has 8 N–H and O–H groups in total. The molecule has 0 spiro atoms. The van der Waals surface area contributed by atoms with Crippen molar-refractivity contribution in [1.29, 1.82) is 0 Å². The zero-order chi connectivity index (χ0) is 15.6. The van der Waals surface area contributed by atoms with Gasteiger partial charge in [0.25, 0.3) is 0 Å². The summed E-state index contributed by atoms with van der Waals surface area (Å²) in [5.41, 5.74) is 9.25. The van der Waals surface area contributed by atoms with Crippen LogP contribution in [0.15, 0.2) is 0 Å². The lowest BCUT2D eigenvalue weighted by molar-refractivity contribution is -0.140. The number of hydrogen-bond donors (Lipinski definition) is 7. The SMILES string of the molecule is CC(=O)NN[C@@H](CCC(N)=O)C(=O)O.OP(O)(O)=S. The first-order valence-corrected chi connectivity index (χ1v) is 7.41. The zero-order valence-electron chi connectivity index (χ0n) is 9.94. The lowest BCUT2D eigenvalue weighted by atomic mass is 10.1. The highest BCUT2D eigenvalue weighted by Gasteiger charge is 2.17. The fourth-order valence-electron chi connectivity index (χ4n) is 0.733. The molecule has 0 saturated heterocycles. The molecule has 12 heteroatoms. The smallest absolute Gasteiger partial charge is 0.322 e. The zero-order valence-corrected chi connectivity index (χ0v) is 11.6. The van der Waals surface area contributed by atoms with Crippen molar-refractivity contribution in [2.45, 2.75) is 25.8 Å². The average Bonchev–Trinajstić information content (AvgIpc) is 2.13. The van der Waals surface area contributed by atoms with Gasteiger partial charge in [-0.1, -0.05) is 0 Å². The molecule has 0 aliphatic rings. The molecule has 2 amide bonds. The van der Waals surface area contributed by atoms with E-state index in [-0.39, 0.29) is 12.8 Å². The molecule has 0 aromatic rings. The second kappa shape index (κ2) is 9.78. The molecule has 0 aromatic carbocycles. The maximum Gasteiger partial charge on any atom is 0.322 e. The first-order chi connectivity index (χ1) is 8.43. The molecule has 0 bridgehead atoms. The number of carboxylic acids is 1. The van der Waals surface area contributed by atoms with Crippen molar-refractivity contribution in [3.8, 4) is 0 Å². The normalized spacial score (nSPS) is 11.8. The standard InChI is InChI=1S/C7H13N3O4.H3O3PS/c1-4(11)9-10-5(7(13)14)2-3-6(8)12;1-4(2,3)5/h5,10H,2-3H2,1H3,(H2,8,12)(H,9,11)(H,13,14);(H3,1,2,3,5)/t5-;/m0./s1. The van der Waals surface area contributed by atoms with E-state index in [0.29, 0.717) is 0 Å². The van der Waals surface area contributed by atoms with Gasteiger partial charge in [0, 0.05) is 13.3 Å². The van der Waals surface area contributed by atoms with Crippen LogP contribution < -0.4 is 16.6 Å². The average molecular weight is 317 g/mol. The number of carbonyl (C=O) groups is 3. The van der Waals surface area contributed by atoms with Gasteiger partial charge in [0.1, 0.15) is 6.04 Å². The minimum Gasteiger partial charge on any atom is -0.480 e. The Morgan fingerprint density at radius 3 is 2.00 bits per heavy atom. The number of amides is 2. The molecular formula is C7H16N3O7PS. The first-order valence-electron chi connectivity index (χ1n) is 4.75. The number of nitrogens with two attached hydrogens (primary N) is 1. The molecule has 0 unspecified atom stereocenters. The Labute approximate surface area is 113 Å². The predicted molar refractivity (Wildman–Crippen MR) is 67.7 cm³/mol. The van der Waals surface area contributed by atoms with Crippen LogP contribution in [0, 0.1) is 0 Å². The van der Waals surface area contributed by atoms with Crippen molar-refractivity contribution in [2.75, 3.05) is 0 Å². The van der Waals surface area contributed by atoms with E-state index in [1.807, 2.05) is 0 Å². The summed E-state index contributed by atoms with van der Waals surface area (Å²) in [7, 11) is 0. The quantitative estimate of drug-likeness (QED) is 0.206. The van der Waals surface area contributed by atoms with Crippen LogP contribution in [-0.2, 0) is 26.2 Å². The number of carbonyl (C=O) groups excluding carboxylic acids is 2. The Balaban J connectivity index is 0. The lowest BCUT2D eigenvalue weighted by Crippen LogP contribution is -2.47. The van der Waals surface area contributed by atoms with Crippen LogP contribution in [0.2, 0.25) is 0 Å². The largest absolute Gasteiger partial charge is 0.480 e. The highest BCUT2D eigenvalue weighted by molar-refractivity contribution is 8.06. The molecule has 0 aliphatic carbocycles. The van der Waals surface area contributed by atoms with Crippen LogP contribution in [0.25, 0.3) is 0 Å². The number of nitrogens with one attached hydrogen (secondary N) is 2. The van der Waals surface area contributed by atoms with Crippen molar-refractivity contribution < 1.29 is 34.2 Å². The van der Waals surface area contributed by atoms with Crippen LogP contribution in [0.1, 0.15) is 19.8 Å². The van der Waals surface area contributed by atoms with E-state index in [1.54, 1.807) is 0 Å². The van der Waals surface area contributed by atoms with Crippen LogP contribution in [0.3, 0.4) is 0 Å². The van der Waals surface area contributed by atoms with E-state index in [4.69, 9.17) is 25.5 Å². The van der Waals surface area contributed by atoms with Crippen LogP contribution >= 0.6 is 6.72 Å². The van der Waals surface area contributed by atoms with Gasteiger partial charge in [-0.25, -0.2) is 5.43 Å². The van der Waals surface area contributed by atoms with E-state index < -0.39 is 30.5 Å². The molecule has 0 fully saturated rings. The van der Waals surface area contributed by atoms with Gasteiger partial charge in [0.2, 0.25) is 11.8 Å². The Morgan fingerprint density at radius 2 is 1.74 bits per heavy atom. The summed E-state index contributed by atoms with van der Waals surface area (Å²) in [6.07, 6.45) is -0.0193. The minimum atomic E-state index is -3.81. The van der Waals surface area contributed by atoms with E-state index in [9.17, 15) is 14.4 Å². The third-order valence-corrected chi connectivity index (χ3v) is 1.40. The fourth-order valence-corrected chi connectivity index (χ4v) is 0.733.